The number of rotatable bonds is 5. The Labute approximate surface area is 102 Å². The van der Waals surface area contributed by atoms with Crippen molar-refractivity contribution < 1.29 is 4.79 Å². The van der Waals surface area contributed by atoms with E-state index < -0.39 is 0 Å². The number of hydrogen-bond donors (Lipinski definition) is 1. The Hall–Kier alpha value is -1.02. The maximum absolute atomic E-state index is 10.5. The van der Waals surface area contributed by atoms with Crippen molar-refractivity contribution in [1.82, 2.24) is 5.32 Å². The van der Waals surface area contributed by atoms with Crippen LogP contribution in [0.3, 0.4) is 0 Å². The van der Waals surface area contributed by atoms with Crippen LogP contribution in [0.15, 0.2) is 18.2 Å². The maximum Gasteiger partial charge on any atom is 0.207 e. The van der Waals surface area contributed by atoms with Crippen LogP contribution >= 0.6 is 11.6 Å². The Morgan fingerprint density at radius 2 is 2.12 bits per heavy atom. The maximum atomic E-state index is 10.5. The van der Waals surface area contributed by atoms with Gasteiger partial charge in [0.25, 0.3) is 0 Å². The molecule has 0 fully saturated rings. The first-order valence-electron chi connectivity index (χ1n) is 5.49. The van der Waals surface area contributed by atoms with Crippen LogP contribution in [0, 0.1) is 12.8 Å². The Morgan fingerprint density at radius 3 is 2.62 bits per heavy atom. The predicted molar refractivity (Wildman–Crippen MR) is 67.7 cm³/mol. The molecule has 2 nitrogen and oxygen atoms in total. The van der Waals surface area contributed by atoms with E-state index in [1.165, 1.54) is 5.56 Å². The molecule has 1 rings (SSSR count). The van der Waals surface area contributed by atoms with E-state index in [9.17, 15) is 4.79 Å². The summed E-state index contributed by atoms with van der Waals surface area (Å²) in [6.07, 6.45) is 1.61. The molecule has 0 heterocycles. The first-order valence-corrected chi connectivity index (χ1v) is 5.87. The molecule has 1 atom stereocenters. The highest BCUT2D eigenvalue weighted by molar-refractivity contribution is 6.31. The summed E-state index contributed by atoms with van der Waals surface area (Å²) in [5, 5.41) is 3.64. The van der Waals surface area contributed by atoms with Crippen LogP contribution < -0.4 is 5.32 Å². The predicted octanol–water partition coefficient (Wildman–Crippen LogP) is 2.96. The summed E-state index contributed by atoms with van der Waals surface area (Å²) < 4.78 is 0. The molecule has 1 aromatic carbocycles. The zero-order valence-electron chi connectivity index (χ0n) is 9.96. The van der Waals surface area contributed by atoms with Crippen LogP contribution in [0.2, 0.25) is 5.02 Å². The molecule has 0 bridgehead atoms. The third kappa shape index (κ3) is 3.53. The van der Waals surface area contributed by atoms with Crippen molar-refractivity contribution in [2.75, 3.05) is 0 Å². The highest BCUT2D eigenvalue weighted by Gasteiger charge is 2.13. The molecule has 3 heteroatoms. The number of halogens is 1. The Balaban J connectivity index is 2.77. The lowest BCUT2D eigenvalue weighted by molar-refractivity contribution is -0.110. The summed E-state index contributed by atoms with van der Waals surface area (Å²) in [5.41, 5.74) is 2.28. The summed E-state index contributed by atoms with van der Waals surface area (Å²) >= 11 is 5.97. The van der Waals surface area contributed by atoms with Gasteiger partial charge in [0.2, 0.25) is 6.41 Å². The van der Waals surface area contributed by atoms with Gasteiger partial charge in [0, 0.05) is 11.1 Å². The average Bonchev–Trinajstić information content (AvgIpc) is 2.22. The molecule has 0 aliphatic carbocycles. The van der Waals surface area contributed by atoms with Gasteiger partial charge < -0.3 is 5.32 Å². The van der Waals surface area contributed by atoms with Gasteiger partial charge in [-0.1, -0.05) is 37.6 Å². The Bertz CT molecular complexity index is 363. The molecular formula is C13H18ClNO. The summed E-state index contributed by atoms with van der Waals surface area (Å²) in [4.78, 5) is 10.5. The molecule has 0 radical (unpaired) electrons. The largest absolute Gasteiger partial charge is 0.355 e. The zero-order valence-corrected chi connectivity index (χ0v) is 10.7. The summed E-state index contributed by atoms with van der Waals surface area (Å²) in [6, 6.07) is 6.17. The number of carbonyl (C=O) groups excluding carboxylic acids is 1. The molecule has 1 amide bonds. The van der Waals surface area contributed by atoms with Crippen LogP contribution in [-0.4, -0.2) is 12.5 Å². The lowest BCUT2D eigenvalue weighted by atomic mass is 9.96. The summed E-state index contributed by atoms with van der Waals surface area (Å²) in [5.74, 6) is 0.418. The highest BCUT2D eigenvalue weighted by Crippen LogP contribution is 2.18. The number of nitrogens with one attached hydrogen (secondary N) is 1. The molecule has 88 valence electrons. The van der Waals surface area contributed by atoms with Gasteiger partial charge in [-0.15, -0.1) is 0 Å². The second-order valence-electron chi connectivity index (χ2n) is 4.42. The van der Waals surface area contributed by atoms with E-state index in [4.69, 9.17) is 11.6 Å². The highest BCUT2D eigenvalue weighted by atomic mass is 35.5. The van der Waals surface area contributed by atoms with Crippen LogP contribution in [0.25, 0.3) is 0 Å². The molecule has 1 aromatic rings. The molecule has 0 saturated carbocycles. The van der Waals surface area contributed by atoms with E-state index in [0.29, 0.717) is 5.92 Å². The Kier molecular flexibility index (Phi) is 4.81. The molecule has 0 aromatic heterocycles. The summed E-state index contributed by atoms with van der Waals surface area (Å²) in [6.45, 7) is 6.19. The fourth-order valence-electron chi connectivity index (χ4n) is 1.66. The monoisotopic (exact) mass is 239 g/mol. The molecular weight excluding hydrogens is 222 g/mol. The van der Waals surface area contributed by atoms with E-state index in [0.717, 1.165) is 23.4 Å². The fourth-order valence-corrected chi connectivity index (χ4v) is 1.78. The standard InChI is InChI=1S/C13H18ClNO/c1-9(2)13(15-8-16)7-11-4-5-12(14)10(3)6-11/h4-6,8-9,13H,7H2,1-3H3,(H,15,16). The van der Waals surface area contributed by atoms with Crippen molar-refractivity contribution in [2.45, 2.75) is 33.2 Å². The summed E-state index contributed by atoms with van der Waals surface area (Å²) in [7, 11) is 0. The van der Waals surface area contributed by atoms with Crippen LogP contribution in [0.5, 0.6) is 0 Å². The molecule has 0 saturated heterocycles. The van der Waals surface area contributed by atoms with Gasteiger partial charge in [0.05, 0.1) is 0 Å². The normalized spacial score (nSPS) is 12.6. The zero-order chi connectivity index (χ0) is 12.1. The second-order valence-corrected chi connectivity index (χ2v) is 4.83. The topological polar surface area (TPSA) is 29.1 Å². The lowest BCUT2D eigenvalue weighted by Gasteiger charge is -2.20. The van der Waals surface area contributed by atoms with Gasteiger partial charge in [0.15, 0.2) is 0 Å². The minimum Gasteiger partial charge on any atom is -0.355 e. The second kappa shape index (κ2) is 5.90. The fraction of sp³-hybridized carbons (Fsp3) is 0.462. The van der Waals surface area contributed by atoms with Crippen molar-refractivity contribution in [3.05, 3.63) is 34.3 Å². The molecule has 0 aliphatic heterocycles. The van der Waals surface area contributed by atoms with Gasteiger partial charge in [-0.3, -0.25) is 4.79 Å². The van der Waals surface area contributed by atoms with Crippen LogP contribution in [-0.2, 0) is 11.2 Å². The third-order valence-corrected chi connectivity index (χ3v) is 3.19. The van der Waals surface area contributed by atoms with Crippen molar-refractivity contribution in [3.8, 4) is 0 Å². The quantitative estimate of drug-likeness (QED) is 0.787. The minimum absolute atomic E-state index is 0.179. The number of aryl methyl sites for hydroxylation is 1. The number of hydrogen-bond acceptors (Lipinski definition) is 1. The minimum atomic E-state index is 0.179. The average molecular weight is 240 g/mol. The van der Waals surface area contributed by atoms with Crippen LogP contribution in [0.1, 0.15) is 25.0 Å². The molecule has 1 N–H and O–H groups in total. The van der Waals surface area contributed by atoms with E-state index >= 15 is 0 Å². The molecule has 16 heavy (non-hydrogen) atoms. The van der Waals surface area contributed by atoms with Gasteiger partial charge in [-0.2, -0.15) is 0 Å². The lowest BCUT2D eigenvalue weighted by Crippen LogP contribution is -2.34. The van der Waals surface area contributed by atoms with Crippen molar-refractivity contribution in [1.29, 1.82) is 0 Å². The third-order valence-electron chi connectivity index (χ3n) is 2.76. The number of benzene rings is 1. The first-order chi connectivity index (χ1) is 7.54. The van der Waals surface area contributed by atoms with E-state index in [1.54, 1.807) is 0 Å². The van der Waals surface area contributed by atoms with Gasteiger partial charge >= 0.3 is 0 Å². The van der Waals surface area contributed by atoms with E-state index in [-0.39, 0.29) is 6.04 Å². The van der Waals surface area contributed by atoms with Crippen molar-refractivity contribution in [2.24, 2.45) is 5.92 Å². The first kappa shape index (κ1) is 13.0. The SMILES string of the molecule is Cc1cc(CC(NC=O)C(C)C)ccc1Cl. The van der Waals surface area contributed by atoms with Gasteiger partial charge in [-0.05, 0) is 36.5 Å². The molecule has 0 aliphatic rings. The molecule has 1 unspecified atom stereocenters. The van der Waals surface area contributed by atoms with Gasteiger partial charge in [-0.25, -0.2) is 0 Å². The van der Waals surface area contributed by atoms with Gasteiger partial charge in [0.1, 0.15) is 0 Å². The van der Waals surface area contributed by atoms with E-state index in [1.807, 2.05) is 19.1 Å². The smallest absolute Gasteiger partial charge is 0.207 e. The van der Waals surface area contributed by atoms with Crippen molar-refractivity contribution in [3.63, 3.8) is 0 Å². The molecule has 0 spiro atoms. The van der Waals surface area contributed by atoms with Crippen LogP contribution in [0.4, 0.5) is 0 Å². The number of amides is 1. The number of carbonyl (C=O) groups is 1. The Morgan fingerprint density at radius 1 is 1.44 bits per heavy atom. The van der Waals surface area contributed by atoms with Crippen molar-refractivity contribution >= 4 is 18.0 Å². The van der Waals surface area contributed by atoms with E-state index in [2.05, 4.69) is 25.2 Å².